The Labute approximate surface area is 119 Å². The maximum Gasteiger partial charge on any atom is 0.242 e. The first kappa shape index (κ1) is 16.1. The molecule has 0 unspecified atom stereocenters. The molecule has 1 rings (SSSR count). The van der Waals surface area contributed by atoms with Gasteiger partial charge in [0.05, 0.1) is 22.3 Å². The highest BCUT2D eigenvalue weighted by molar-refractivity contribution is 6.90. The maximum atomic E-state index is 6.24. The van der Waals surface area contributed by atoms with Gasteiger partial charge in [-0.05, 0) is 31.8 Å². The molecule has 0 spiro atoms. The second kappa shape index (κ2) is 5.58. The van der Waals surface area contributed by atoms with Crippen LogP contribution in [0, 0.1) is 0 Å². The van der Waals surface area contributed by atoms with Crippen molar-refractivity contribution in [3.63, 3.8) is 0 Å². The van der Waals surface area contributed by atoms with Crippen LogP contribution in [0.25, 0.3) is 0 Å². The quantitative estimate of drug-likeness (QED) is 0.779. The molecule has 0 saturated carbocycles. The van der Waals surface area contributed by atoms with Gasteiger partial charge in [-0.15, -0.1) is 0 Å². The van der Waals surface area contributed by atoms with Gasteiger partial charge in [0, 0.05) is 5.19 Å². The Balaban J connectivity index is 3.48. The number of ether oxygens (including phenoxy) is 2. The molecule has 1 aromatic carbocycles. The van der Waals surface area contributed by atoms with Crippen LogP contribution in [-0.2, 0) is 0 Å². The molecule has 0 aliphatic heterocycles. The van der Waals surface area contributed by atoms with E-state index >= 15 is 0 Å². The van der Waals surface area contributed by atoms with E-state index in [2.05, 4.69) is 39.3 Å². The first-order valence-electron chi connectivity index (χ1n) is 6.54. The van der Waals surface area contributed by atoms with Crippen LogP contribution in [0.15, 0.2) is 12.1 Å². The summed E-state index contributed by atoms with van der Waals surface area (Å²) in [5.74, 6) is 2.58. The third kappa shape index (κ3) is 4.01. The highest BCUT2D eigenvalue weighted by Gasteiger charge is 2.30. The minimum absolute atomic E-state index is 0.780. The monoisotopic (exact) mass is 298 g/mol. The van der Waals surface area contributed by atoms with Crippen molar-refractivity contribution in [2.24, 2.45) is 0 Å². The molecular weight excluding hydrogens is 272 g/mol. The number of rotatable bonds is 5. The van der Waals surface area contributed by atoms with E-state index in [1.54, 1.807) is 14.2 Å². The molecule has 3 nitrogen and oxygen atoms in total. The summed E-state index contributed by atoms with van der Waals surface area (Å²) in [6.45, 7) is 13.5. The fourth-order valence-corrected chi connectivity index (χ4v) is 4.75. The second-order valence-corrected chi connectivity index (χ2v) is 16.1. The Hall–Kier alpha value is -0.946. The minimum Gasteiger partial charge on any atom is -0.544 e. The molecule has 108 valence electrons. The first-order chi connectivity index (χ1) is 8.60. The predicted molar refractivity (Wildman–Crippen MR) is 86.5 cm³/mol. The molecule has 19 heavy (non-hydrogen) atoms. The standard InChI is InChI=1S/C14H26O3Si2/c1-15-11-9-10-12(17-19(6,7)8)14(13(11)16-2)18(3,4)5/h9-10H,1-8H3. The number of methoxy groups -OCH3 is 2. The lowest BCUT2D eigenvalue weighted by atomic mass is 10.3. The maximum absolute atomic E-state index is 6.24. The number of hydrogen-bond donors (Lipinski definition) is 0. The lowest BCUT2D eigenvalue weighted by Gasteiger charge is -2.29. The van der Waals surface area contributed by atoms with Crippen molar-refractivity contribution >= 4 is 21.6 Å². The van der Waals surface area contributed by atoms with E-state index in [0.717, 1.165) is 17.2 Å². The molecule has 1 aromatic rings. The molecule has 0 atom stereocenters. The SMILES string of the molecule is COc1ccc(O[Si](C)(C)C)c([Si](C)(C)C)c1OC. The average molecular weight is 299 g/mol. The molecule has 0 N–H and O–H groups in total. The van der Waals surface area contributed by atoms with Gasteiger partial charge in [-0.3, -0.25) is 0 Å². The summed E-state index contributed by atoms with van der Waals surface area (Å²) in [6, 6.07) is 3.95. The van der Waals surface area contributed by atoms with Crippen LogP contribution >= 0.6 is 0 Å². The largest absolute Gasteiger partial charge is 0.544 e. The average Bonchev–Trinajstić information content (AvgIpc) is 2.24. The molecule has 0 aromatic heterocycles. The van der Waals surface area contributed by atoms with Crippen LogP contribution in [0.5, 0.6) is 17.2 Å². The number of benzene rings is 1. The highest BCUT2D eigenvalue weighted by Crippen LogP contribution is 2.33. The summed E-state index contributed by atoms with van der Waals surface area (Å²) in [4.78, 5) is 0. The highest BCUT2D eigenvalue weighted by atomic mass is 28.4. The van der Waals surface area contributed by atoms with Gasteiger partial charge < -0.3 is 13.9 Å². The van der Waals surface area contributed by atoms with Crippen molar-refractivity contribution in [2.45, 2.75) is 39.3 Å². The topological polar surface area (TPSA) is 27.7 Å². The summed E-state index contributed by atoms with van der Waals surface area (Å²) < 4.78 is 17.2. The van der Waals surface area contributed by atoms with Crippen molar-refractivity contribution in [1.82, 2.24) is 0 Å². The van der Waals surface area contributed by atoms with Gasteiger partial charge in [-0.25, -0.2) is 0 Å². The van der Waals surface area contributed by atoms with Gasteiger partial charge in [0.15, 0.2) is 11.5 Å². The lowest BCUT2D eigenvalue weighted by molar-refractivity contribution is 0.355. The molecule has 0 radical (unpaired) electrons. The molecular formula is C14H26O3Si2. The Bertz CT molecular complexity index is 445. The van der Waals surface area contributed by atoms with E-state index in [1.807, 2.05) is 12.1 Å². The van der Waals surface area contributed by atoms with Crippen molar-refractivity contribution < 1.29 is 13.9 Å². The molecule has 0 fully saturated rings. The Morgan fingerprint density at radius 1 is 0.789 bits per heavy atom. The van der Waals surface area contributed by atoms with Crippen LogP contribution in [0.3, 0.4) is 0 Å². The van der Waals surface area contributed by atoms with E-state index in [9.17, 15) is 0 Å². The van der Waals surface area contributed by atoms with Gasteiger partial charge in [0.1, 0.15) is 5.75 Å². The fraction of sp³-hybridized carbons (Fsp3) is 0.571. The van der Waals surface area contributed by atoms with Crippen LogP contribution in [0.1, 0.15) is 0 Å². The normalized spacial score (nSPS) is 12.2. The molecule has 0 aliphatic rings. The smallest absolute Gasteiger partial charge is 0.242 e. The van der Waals surface area contributed by atoms with Gasteiger partial charge in [0.25, 0.3) is 0 Å². The number of hydrogen-bond acceptors (Lipinski definition) is 3. The van der Waals surface area contributed by atoms with Crippen LogP contribution < -0.4 is 19.1 Å². The summed E-state index contributed by atoms with van der Waals surface area (Å²) in [6.07, 6.45) is 0. The summed E-state index contributed by atoms with van der Waals surface area (Å²) >= 11 is 0. The van der Waals surface area contributed by atoms with Gasteiger partial charge in [-0.1, -0.05) is 19.6 Å². The van der Waals surface area contributed by atoms with Gasteiger partial charge in [0.2, 0.25) is 8.32 Å². The predicted octanol–water partition coefficient (Wildman–Crippen LogP) is 3.46. The zero-order chi connectivity index (χ0) is 14.8. The summed E-state index contributed by atoms with van der Waals surface area (Å²) in [7, 11) is 0.121. The zero-order valence-corrected chi connectivity index (χ0v) is 15.4. The summed E-state index contributed by atoms with van der Waals surface area (Å²) in [5, 5.41) is 1.21. The molecule has 0 heterocycles. The van der Waals surface area contributed by atoms with Crippen molar-refractivity contribution in [2.75, 3.05) is 14.2 Å². The lowest BCUT2D eigenvalue weighted by Crippen LogP contribution is -2.42. The van der Waals surface area contributed by atoms with Crippen LogP contribution in [0.4, 0.5) is 0 Å². The third-order valence-electron chi connectivity index (χ3n) is 2.67. The minimum atomic E-state index is -1.65. The van der Waals surface area contributed by atoms with Crippen molar-refractivity contribution in [1.29, 1.82) is 0 Å². The Morgan fingerprint density at radius 2 is 1.32 bits per heavy atom. The molecule has 0 amide bonds. The van der Waals surface area contributed by atoms with E-state index in [1.165, 1.54) is 5.19 Å². The molecule has 0 aliphatic carbocycles. The zero-order valence-electron chi connectivity index (χ0n) is 13.4. The van der Waals surface area contributed by atoms with Crippen LogP contribution in [0.2, 0.25) is 39.3 Å². The van der Waals surface area contributed by atoms with E-state index in [0.29, 0.717) is 0 Å². The molecule has 0 saturated heterocycles. The third-order valence-corrected chi connectivity index (χ3v) is 5.48. The summed E-state index contributed by atoms with van der Waals surface area (Å²) in [5.41, 5.74) is 0. The van der Waals surface area contributed by atoms with E-state index < -0.39 is 16.4 Å². The Kier molecular flexibility index (Phi) is 4.73. The first-order valence-corrected chi connectivity index (χ1v) is 13.5. The molecule has 5 heteroatoms. The van der Waals surface area contributed by atoms with E-state index in [4.69, 9.17) is 13.9 Å². The van der Waals surface area contributed by atoms with Gasteiger partial charge >= 0.3 is 0 Å². The fourth-order valence-electron chi connectivity index (χ4n) is 2.03. The van der Waals surface area contributed by atoms with Crippen molar-refractivity contribution in [3.05, 3.63) is 12.1 Å². The van der Waals surface area contributed by atoms with Gasteiger partial charge in [-0.2, -0.15) is 0 Å². The Morgan fingerprint density at radius 3 is 1.68 bits per heavy atom. The van der Waals surface area contributed by atoms with E-state index in [-0.39, 0.29) is 0 Å². The second-order valence-electron chi connectivity index (χ2n) is 6.64. The van der Waals surface area contributed by atoms with Crippen molar-refractivity contribution in [3.8, 4) is 17.2 Å². The molecule has 0 bridgehead atoms. The van der Waals surface area contributed by atoms with Crippen LogP contribution in [-0.4, -0.2) is 30.6 Å².